The van der Waals surface area contributed by atoms with Crippen molar-refractivity contribution >= 4 is 5.91 Å². The van der Waals surface area contributed by atoms with Crippen LogP contribution in [0.15, 0.2) is 34.9 Å². The zero-order chi connectivity index (χ0) is 16.7. The average molecular weight is 316 g/mol. The van der Waals surface area contributed by atoms with Crippen LogP contribution in [-0.4, -0.2) is 17.7 Å². The number of ether oxygens (including phenoxy) is 1. The van der Waals surface area contributed by atoms with Gasteiger partial charge in [-0.3, -0.25) is 4.79 Å². The first kappa shape index (κ1) is 17.1. The summed E-state index contributed by atoms with van der Waals surface area (Å²) >= 11 is 0. The number of rotatable bonds is 8. The number of aromatic nitrogens is 1. The molecule has 1 heterocycles. The maximum atomic E-state index is 12.0. The highest BCUT2D eigenvalue weighted by atomic mass is 16.5. The third kappa shape index (κ3) is 5.77. The van der Waals surface area contributed by atoms with Crippen LogP contribution in [0.5, 0.6) is 5.75 Å². The van der Waals surface area contributed by atoms with Crippen LogP contribution < -0.4 is 10.1 Å². The minimum absolute atomic E-state index is 0.0877. The second-order valence-electron chi connectivity index (χ2n) is 6.02. The molecule has 2 aromatic rings. The highest BCUT2D eigenvalue weighted by molar-refractivity contribution is 5.78. The van der Waals surface area contributed by atoms with Crippen molar-refractivity contribution in [3.63, 3.8) is 0 Å². The Morgan fingerprint density at radius 2 is 2.13 bits per heavy atom. The number of nitrogens with zero attached hydrogens (tertiary/aromatic N) is 1. The van der Waals surface area contributed by atoms with Gasteiger partial charge in [-0.15, -0.1) is 0 Å². The number of carbonyl (C=O) groups is 1. The fraction of sp³-hybridized carbons (Fsp3) is 0.444. The van der Waals surface area contributed by atoms with Gasteiger partial charge in [0.05, 0.1) is 18.7 Å². The number of amides is 1. The van der Waals surface area contributed by atoms with Crippen LogP contribution in [0.3, 0.4) is 0 Å². The summed E-state index contributed by atoms with van der Waals surface area (Å²) in [6, 6.07) is 9.54. The molecular formula is C18H24N2O3. The van der Waals surface area contributed by atoms with E-state index in [-0.39, 0.29) is 12.3 Å². The molecule has 1 aromatic heterocycles. The number of aryl methyl sites for hydroxylation is 1. The molecule has 0 aliphatic heterocycles. The number of nitrogens with one attached hydrogen (secondary N) is 1. The summed E-state index contributed by atoms with van der Waals surface area (Å²) in [7, 11) is 0. The second kappa shape index (κ2) is 8.36. The summed E-state index contributed by atoms with van der Waals surface area (Å²) < 4.78 is 10.8. The third-order valence-electron chi connectivity index (χ3n) is 3.42. The van der Waals surface area contributed by atoms with Gasteiger partial charge < -0.3 is 14.6 Å². The van der Waals surface area contributed by atoms with E-state index in [1.165, 1.54) is 0 Å². The summed E-state index contributed by atoms with van der Waals surface area (Å²) in [6.45, 7) is 7.26. The van der Waals surface area contributed by atoms with Crippen molar-refractivity contribution in [2.24, 2.45) is 5.92 Å². The Balaban J connectivity index is 1.85. The fourth-order valence-corrected chi connectivity index (χ4v) is 2.12. The third-order valence-corrected chi connectivity index (χ3v) is 3.42. The van der Waals surface area contributed by atoms with E-state index in [9.17, 15) is 4.79 Å². The zero-order valence-electron chi connectivity index (χ0n) is 14.0. The van der Waals surface area contributed by atoms with E-state index in [0.29, 0.717) is 30.5 Å². The fourth-order valence-electron chi connectivity index (χ4n) is 2.12. The molecule has 2 rings (SSSR count). The van der Waals surface area contributed by atoms with E-state index in [2.05, 4.69) is 24.3 Å². The van der Waals surface area contributed by atoms with Gasteiger partial charge in [-0.2, -0.15) is 0 Å². The Bertz CT molecular complexity index is 635. The normalized spacial score (nSPS) is 10.8. The lowest BCUT2D eigenvalue weighted by Gasteiger charge is -2.13. The molecule has 0 aliphatic rings. The Hall–Kier alpha value is -2.30. The summed E-state index contributed by atoms with van der Waals surface area (Å²) in [5, 5.41) is 6.72. The molecule has 1 N–H and O–H groups in total. The quantitative estimate of drug-likeness (QED) is 0.812. The Morgan fingerprint density at radius 1 is 1.35 bits per heavy atom. The zero-order valence-corrected chi connectivity index (χ0v) is 14.0. The first-order valence-corrected chi connectivity index (χ1v) is 7.94. The molecule has 0 saturated carbocycles. The molecule has 124 valence electrons. The van der Waals surface area contributed by atoms with E-state index in [4.69, 9.17) is 9.26 Å². The van der Waals surface area contributed by atoms with E-state index in [1.54, 1.807) is 13.0 Å². The molecule has 0 unspecified atom stereocenters. The van der Waals surface area contributed by atoms with Gasteiger partial charge >= 0.3 is 0 Å². The van der Waals surface area contributed by atoms with Crippen LogP contribution >= 0.6 is 0 Å². The van der Waals surface area contributed by atoms with Crippen molar-refractivity contribution in [2.45, 2.75) is 40.2 Å². The smallest absolute Gasteiger partial charge is 0.226 e. The predicted octanol–water partition coefficient (Wildman–Crippen LogP) is 3.27. The first-order chi connectivity index (χ1) is 11.0. The van der Waals surface area contributed by atoms with E-state index < -0.39 is 0 Å². The van der Waals surface area contributed by atoms with Crippen molar-refractivity contribution in [1.82, 2.24) is 10.5 Å². The lowest BCUT2D eigenvalue weighted by atomic mass is 10.1. The van der Waals surface area contributed by atoms with Crippen molar-refractivity contribution in [3.8, 4) is 5.75 Å². The lowest BCUT2D eigenvalue weighted by molar-refractivity contribution is -0.120. The number of carbonyl (C=O) groups excluding carboxylic acids is 1. The van der Waals surface area contributed by atoms with Gasteiger partial charge in [0.15, 0.2) is 0 Å². The monoisotopic (exact) mass is 316 g/mol. The van der Waals surface area contributed by atoms with Crippen molar-refractivity contribution in [1.29, 1.82) is 0 Å². The van der Waals surface area contributed by atoms with Crippen LogP contribution in [0.1, 0.15) is 37.3 Å². The van der Waals surface area contributed by atoms with Gasteiger partial charge in [-0.1, -0.05) is 37.2 Å². The van der Waals surface area contributed by atoms with Gasteiger partial charge in [-0.05, 0) is 25.3 Å². The first-order valence-electron chi connectivity index (χ1n) is 7.94. The van der Waals surface area contributed by atoms with Gasteiger partial charge in [0, 0.05) is 18.2 Å². The van der Waals surface area contributed by atoms with Crippen LogP contribution in [0.2, 0.25) is 0 Å². The van der Waals surface area contributed by atoms with Gasteiger partial charge in [0.1, 0.15) is 11.5 Å². The molecule has 0 aliphatic carbocycles. The van der Waals surface area contributed by atoms with Gasteiger partial charge in [-0.25, -0.2) is 0 Å². The van der Waals surface area contributed by atoms with Crippen LogP contribution in [0.4, 0.5) is 0 Å². The SMILES string of the molecule is Cc1cc(CC(=O)NCc2ccccc2OCCC(C)C)no1. The van der Waals surface area contributed by atoms with Crippen LogP contribution in [0.25, 0.3) is 0 Å². The maximum absolute atomic E-state index is 12.0. The minimum Gasteiger partial charge on any atom is -0.493 e. The molecule has 5 heteroatoms. The maximum Gasteiger partial charge on any atom is 0.226 e. The molecule has 5 nitrogen and oxygen atoms in total. The molecular weight excluding hydrogens is 292 g/mol. The summed E-state index contributed by atoms with van der Waals surface area (Å²) in [4.78, 5) is 12.0. The molecule has 0 saturated heterocycles. The molecule has 0 spiro atoms. The lowest BCUT2D eigenvalue weighted by Crippen LogP contribution is -2.25. The Kier molecular flexibility index (Phi) is 6.20. The number of benzene rings is 1. The average Bonchev–Trinajstić information content (AvgIpc) is 2.91. The topological polar surface area (TPSA) is 64.4 Å². The van der Waals surface area contributed by atoms with E-state index >= 15 is 0 Å². The largest absolute Gasteiger partial charge is 0.493 e. The van der Waals surface area contributed by atoms with E-state index in [0.717, 1.165) is 17.7 Å². The van der Waals surface area contributed by atoms with Crippen molar-refractivity contribution in [3.05, 3.63) is 47.3 Å². The molecule has 1 amide bonds. The number of hydrogen-bond donors (Lipinski definition) is 1. The van der Waals surface area contributed by atoms with Crippen LogP contribution in [0, 0.1) is 12.8 Å². The highest BCUT2D eigenvalue weighted by Crippen LogP contribution is 2.18. The summed E-state index contributed by atoms with van der Waals surface area (Å²) in [6.07, 6.45) is 1.22. The van der Waals surface area contributed by atoms with Gasteiger partial charge in [0.2, 0.25) is 5.91 Å². The molecule has 0 bridgehead atoms. The predicted molar refractivity (Wildman–Crippen MR) is 88.2 cm³/mol. The standard InChI is InChI=1S/C18H24N2O3/c1-13(2)8-9-22-17-7-5-4-6-15(17)12-19-18(21)11-16-10-14(3)23-20-16/h4-7,10,13H,8-9,11-12H2,1-3H3,(H,19,21). The molecule has 23 heavy (non-hydrogen) atoms. The second-order valence-corrected chi connectivity index (χ2v) is 6.02. The highest BCUT2D eigenvalue weighted by Gasteiger charge is 2.09. The summed E-state index contributed by atoms with van der Waals surface area (Å²) in [5.74, 6) is 2.05. The Morgan fingerprint density at radius 3 is 2.83 bits per heavy atom. The Labute approximate surface area is 137 Å². The number of para-hydroxylation sites is 1. The number of hydrogen-bond acceptors (Lipinski definition) is 4. The van der Waals surface area contributed by atoms with Crippen molar-refractivity contribution in [2.75, 3.05) is 6.61 Å². The molecule has 0 atom stereocenters. The molecule has 0 fully saturated rings. The summed E-state index contributed by atoms with van der Waals surface area (Å²) in [5.41, 5.74) is 1.61. The molecule has 0 radical (unpaired) electrons. The minimum atomic E-state index is -0.0877. The van der Waals surface area contributed by atoms with Crippen LogP contribution in [-0.2, 0) is 17.8 Å². The van der Waals surface area contributed by atoms with Crippen molar-refractivity contribution < 1.29 is 14.1 Å². The molecule has 1 aromatic carbocycles. The van der Waals surface area contributed by atoms with Gasteiger partial charge in [0.25, 0.3) is 0 Å². The van der Waals surface area contributed by atoms with E-state index in [1.807, 2.05) is 24.3 Å².